The second-order valence-corrected chi connectivity index (χ2v) is 7.10. The standard InChI is InChI=1S/C21H23N3O2/c1-14(23-12-10-15(11-13-23)20(22)25)21(26)24-18-8-4-2-6-16(18)17-7-3-5-9-19(17)24/h2-9,14-15H,10-13H2,1H3,(H2,22,25)/t14-/m0/s1. The molecule has 0 unspecified atom stereocenters. The normalized spacial score (nSPS) is 17.6. The largest absolute Gasteiger partial charge is 0.369 e. The summed E-state index contributed by atoms with van der Waals surface area (Å²) in [6.07, 6.45) is 1.44. The molecule has 1 fully saturated rings. The number of benzene rings is 2. The van der Waals surface area contributed by atoms with Crippen molar-refractivity contribution < 1.29 is 9.59 Å². The van der Waals surface area contributed by atoms with Gasteiger partial charge in [-0.05, 0) is 45.0 Å². The predicted octanol–water partition coefficient (Wildman–Crippen LogP) is 3.02. The van der Waals surface area contributed by atoms with Crippen LogP contribution in [0.1, 0.15) is 24.6 Å². The minimum absolute atomic E-state index is 0.0678. The van der Waals surface area contributed by atoms with Crippen molar-refractivity contribution in [3.8, 4) is 0 Å². The van der Waals surface area contributed by atoms with E-state index in [2.05, 4.69) is 17.0 Å². The van der Waals surface area contributed by atoms with Crippen molar-refractivity contribution in [2.24, 2.45) is 11.7 Å². The number of amides is 1. The fraction of sp³-hybridized carbons (Fsp3) is 0.333. The van der Waals surface area contributed by atoms with Crippen LogP contribution in [0.25, 0.3) is 21.8 Å². The van der Waals surface area contributed by atoms with Gasteiger partial charge in [-0.25, -0.2) is 0 Å². The van der Waals surface area contributed by atoms with Crippen molar-refractivity contribution in [2.45, 2.75) is 25.8 Å². The molecule has 1 aromatic heterocycles. The van der Waals surface area contributed by atoms with Crippen LogP contribution in [0.4, 0.5) is 0 Å². The minimum atomic E-state index is -0.247. The first-order chi connectivity index (χ1) is 12.6. The van der Waals surface area contributed by atoms with Crippen LogP contribution >= 0.6 is 0 Å². The number of carbonyl (C=O) groups is 2. The maximum atomic E-state index is 13.4. The molecule has 1 aliphatic heterocycles. The summed E-state index contributed by atoms with van der Waals surface area (Å²) in [5, 5.41) is 2.19. The van der Waals surface area contributed by atoms with Crippen LogP contribution in [-0.2, 0) is 4.79 Å². The number of carbonyl (C=O) groups excluding carboxylic acids is 2. The summed E-state index contributed by atoms with van der Waals surface area (Å²) in [4.78, 5) is 26.9. The molecule has 1 atom stereocenters. The lowest BCUT2D eigenvalue weighted by molar-refractivity contribution is -0.123. The third kappa shape index (κ3) is 2.69. The summed E-state index contributed by atoms with van der Waals surface area (Å²) < 4.78 is 1.84. The third-order valence-electron chi connectivity index (χ3n) is 5.64. The second-order valence-electron chi connectivity index (χ2n) is 7.10. The van der Waals surface area contributed by atoms with E-state index < -0.39 is 0 Å². The van der Waals surface area contributed by atoms with Gasteiger partial charge in [0.15, 0.2) is 0 Å². The van der Waals surface area contributed by atoms with E-state index in [0.29, 0.717) is 0 Å². The molecule has 0 spiro atoms. The lowest BCUT2D eigenvalue weighted by atomic mass is 9.95. The van der Waals surface area contributed by atoms with Gasteiger partial charge < -0.3 is 5.73 Å². The van der Waals surface area contributed by atoms with Gasteiger partial charge in [0.25, 0.3) is 0 Å². The molecule has 0 saturated carbocycles. The van der Waals surface area contributed by atoms with Crippen molar-refractivity contribution in [1.29, 1.82) is 0 Å². The molecule has 5 nitrogen and oxygen atoms in total. The van der Waals surface area contributed by atoms with Crippen LogP contribution in [-0.4, -0.2) is 40.4 Å². The number of nitrogens with zero attached hydrogens (tertiary/aromatic N) is 2. The zero-order valence-electron chi connectivity index (χ0n) is 14.9. The molecule has 0 aliphatic carbocycles. The molecule has 1 amide bonds. The fourth-order valence-electron chi connectivity index (χ4n) is 4.07. The highest BCUT2D eigenvalue weighted by atomic mass is 16.2. The Hall–Kier alpha value is -2.66. The topological polar surface area (TPSA) is 68.3 Å². The highest BCUT2D eigenvalue weighted by Gasteiger charge is 2.30. The minimum Gasteiger partial charge on any atom is -0.369 e. The van der Waals surface area contributed by atoms with E-state index in [0.717, 1.165) is 47.7 Å². The lowest BCUT2D eigenvalue weighted by Gasteiger charge is -2.34. The number of rotatable bonds is 3. The number of likely N-dealkylation sites (tertiary alicyclic amines) is 1. The first-order valence-corrected chi connectivity index (χ1v) is 9.13. The number of hydrogen-bond acceptors (Lipinski definition) is 3. The van der Waals surface area contributed by atoms with Gasteiger partial charge in [0, 0.05) is 16.7 Å². The van der Waals surface area contributed by atoms with Crippen LogP contribution in [0, 0.1) is 5.92 Å². The number of piperidine rings is 1. The Bertz CT molecular complexity index is 930. The molecule has 4 rings (SSSR count). The fourth-order valence-corrected chi connectivity index (χ4v) is 4.07. The third-order valence-corrected chi connectivity index (χ3v) is 5.64. The Morgan fingerprint density at radius 2 is 1.46 bits per heavy atom. The maximum Gasteiger partial charge on any atom is 0.248 e. The number of fused-ring (bicyclic) bond motifs is 3. The van der Waals surface area contributed by atoms with Gasteiger partial charge in [-0.1, -0.05) is 36.4 Å². The van der Waals surface area contributed by atoms with E-state index >= 15 is 0 Å². The Morgan fingerprint density at radius 1 is 0.962 bits per heavy atom. The summed E-state index contributed by atoms with van der Waals surface area (Å²) in [6, 6.07) is 15.8. The average Bonchev–Trinajstić information content (AvgIpc) is 3.01. The molecule has 0 bridgehead atoms. The molecule has 26 heavy (non-hydrogen) atoms. The van der Waals surface area contributed by atoms with Gasteiger partial charge >= 0.3 is 0 Å². The van der Waals surface area contributed by atoms with Crippen LogP contribution in [0.15, 0.2) is 48.5 Å². The smallest absolute Gasteiger partial charge is 0.248 e. The van der Waals surface area contributed by atoms with Gasteiger partial charge in [0.1, 0.15) is 0 Å². The SMILES string of the molecule is C[C@@H](C(=O)n1c2ccccc2c2ccccc21)N1CCC(C(N)=O)CC1. The van der Waals surface area contributed by atoms with E-state index in [4.69, 9.17) is 5.73 Å². The van der Waals surface area contributed by atoms with E-state index in [9.17, 15) is 9.59 Å². The summed E-state index contributed by atoms with van der Waals surface area (Å²) in [5.74, 6) is -0.229. The highest BCUT2D eigenvalue weighted by molar-refractivity contribution is 6.13. The quantitative estimate of drug-likeness (QED) is 0.790. The Labute approximate surface area is 152 Å². The van der Waals surface area contributed by atoms with E-state index in [-0.39, 0.29) is 23.8 Å². The van der Waals surface area contributed by atoms with Gasteiger partial charge in [-0.15, -0.1) is 0 Å². The van der Waals surface area contributed by atoms with Crippen molar-refractivity contribution in [1.82, 2.24) is 9.47 Å². The zero-order valence-corrected chi connectivity index (χ0v) is 14.9. The Kier molecular flexibility index (Phi) is 4.24. The number of primary amides is 1. The maximum absolute atomic E-state index is 13.4. The second kappa shape index (κ2) is 6.57. The predicted molar refractivity (Wildman–Crippen MR) is 103 cm³/mol. The van der Waals surface area contributed by atoms with Gasteiger partial charge in [-0.3, -0.25) is 19.1 Å². The highest BCUT2D eigenvalue weighted by Crippen LogP contribution is 2.29. The molecule has 1 aliphatic rings. The molecule has 2 heterocycles. The molecule has 5 heteroatoms. The molecular weight excluding hydrogens is 326 g/mol. The lowest BCUT2D eigenvalue weighted by Crippen LogP contribution is -2.47. The van der Waals surface area contributed by atoms with E-state index in [1.165, 1.54) is 0 Å². The molecule has 2 N–H and O–H groups in total. The summed E-state index contributed by atoms with van der Waals surface area (Å²) in [6.45, 7) is 3.39. The molecule has 0 radical (unpaired) electrons. The van der Waals surface area contributed by atoms with Crippen LogP contribution < -0.4 is 5.73 Å². The molecule has 2 aromatic carbocycles. The van der Waals surface area contributed by atoms with Crippen LogP contribution in [0.3, 0.4) is 0 Å². The Morgan fingerprint density at radius 3 is 1.96 bits per heavy atom. The molecule has 1 saturated heterocycles. The Balaban J connectivity index is 1.69. The van der Waals surface area contributed by atoms with E-state index in [1.54, 1.807) is 0 Å². The first-order valence-electron chi connectivity index (χ1n) is 9.13. The average molecular weight is 349 g/mol. The van der Waals surface area contributed by atoms with Crippen molar-refractivity contribution >= 4 is 33.6 Å². The van der Waals surface area contributed by atoms with Gasteiger partial charge in [-0.2, -0.15) is 0 Å². The molecule has 134 valence electrons. The van der Waals surface area contributed by atoms with Crippen molar-refractivity contribution in [3.63, 3.8) is 0 Å². The number of para-hydroxylation sites is 2. The van der Waals surface area contributed by atoms with E-state index in [1.807, 2.05) is 47.9 Å². The van der Waals surface area contributed by atoms with Crippen molar-refractivity contribution in [2.75, 3.05) is 13.1 Å². The summed E-state index contributed by atoms with van der Waals surface area (Å²) in [5.41, 5.74) is 7.31. The summed E-state index contributed by atoms with van der Waals surface area (Å²) >= 11 is 0. The number of nitrogens with two attached hydrogens (primary N) is 1. The van der Waals surface area contributed by atoms with Crippen LogP contribution in [0.2, 0.25) is 0 Å². The van der Waals surface area contributed by atoms with Crippen molar-refractivity contribution in [3.05, 3.63) is 48.5 Å². The molecule has 3 aromatic rings. The molecular formula is C21H23N3O2. The van der Waals surface area contributed by atoms with Gasteiger partial charge in [0.05, 0.1) is 17.1 Å². The summed E-state index contributed by atoms with van der Waals surface area (Å²) in [7, 11) is 0. The number of hydrogen-bond donors (Lipinski definition) is 1. The zero-order chi connectivity index (χ0) is 18.3. The first kappa shape index (κ1) is 16.8. The monoisotopic (exact) mass is 349 g/mol. The number of aromatic nitrogens is 1. The van der Waals surface area contributed by atoms with Crippen LogP contribution in [0.5, 0.6) is 0 Å². The van der Waals surface area contributed by atoms with Gasteiger partial charge in [0.2, 0.25) is 11.8 Å².